The second kappa shape index (κ2) is 4.96. The van der Waals surface area contributed by atoms with E-state index in [-0.39, 0.29) is 5.56 Å². The molecule has 0 aliphatic heterocycles. The molecule has 92 valence electrons. The van der Waals surface area contributed by atoms with Crippen molar-refractivity contribution in [1.82, 2.24) is 0 Å². The minimum atomic E-state index is -0.981. The molecule has 1 fully saturated rings. The van der Waals surface area contributed by atoms with Gasteiger partial charge in [0.15, 0.2) is 0 Å². The number of halogens is 1. The van der Waals surface area contributed by atoms with Gasteiger partial charge < -0.3 is 10.0 Å². The molecule has 1 aromatic carbocycles. The van der Waals surface area contributed by atoms with E-state index in [0.29, 0.717) is 11.1 Å². The van der Waals surface area contributed by atoms with E-state index in [0.717, 1.165) is 5.69 Å². The number of carbonyl (C=O) groups is 1. The maximum atomic E-state index is 10.9. The van der Waals surface area contributed by atoms with Gasteiger partial charge in [0, 0.05) is 18.8 Å². The third-order valence-electron chi connectivity index (χ3n) is 3.46. The van der Waals surface area contributed by atoms with Gasteiger partial charge in [-0.05, 0) is 31.0 Å². The van der Waals surface area contributed by atoms with Crippen LogP contribution in [-0.4, -0.2) is 24.2 Å². The fourth-order valence-electron chi connectivity index (χ4n) is 2.40. The van der Waals surface area contributed by atoms with Crippen molar-refractivity contribution in [2.45, 2.75) is 31.7 Å². The monoisotopic (exact) mass is 253 g/mol. The van der Waals surface area contributed by atoms with Gasteiger partial charge in [-0.2, -0.15) is 0 Å². The van der Waals surface area contributed by atoms with Crippen molar-refractivity contribution in [2.24, 2.45) is 0 Å². The highest BCUT2D eigenvalue weighted by atomic mass is 35.5. The Morgan fingerprint density at radius 3 is 2.59 bits per heavy atom. The molecule has 0 unspecified atom stereocenters. The predicted molar refractivity (Wildman–Crippen MR) is 69.1 cm³/mol. The number of anilines is 1. The average Bonchev–Trinajstić information content (AvgIpc) is 2.80. The highest BCUT2D eigenvalue weighted by molar-refractivity contribution is 6.33. The molecule has 1 saturated carbocycles. The smallest absolute Gasteiger partial charge is 0.337 e. The van der Waals surface area contributed by atoms with Crippen molar-refractivity contribution < 1.29 is 9.90 Å². The molecule has 0 heterocycles. The van der Waals surface area contributed by atoms with E-state index >= 15 is 0 Å². The van der Waals surface area contributed by atoms with Crippen LogP contribution in [0.1, 0.15) is 36.0 Å². The summed E-state index contributed by atoms with van der Waals surface area (Å²) in [7, 11) is 2.04. The lowest BCUT2D eigenvalue weighted by Gasteiger charge is -2.26. The highest BCUT2D eigenvalue weighted by Crippen LogP contribution is 2.29. The fraction of sp³-hybridized carbons (Fsp3) is 0.462. The summed E-state index contributed by atoms with van der Waals surface area (Å²) in [5.74, 6) is -0.981. The van der Waals surface area contributed by atoms with Gasteiger partial charge >= 0.3 is 5.97 Å². The lowest BCUT2D eigenvalue weighted by atomic mass is 10.1. The van der Waals surface area contributed by atoms with E-state index in [9.17, 15) is 4.79 Å². The van der Waals surface area contributed by atoms with Gasteiger partial charge in [-0.25, -0.2) is 4.79 Å². The third-order valence-corrected chi connectivity index (χ3v) is 3.78. The summed E-state index contributed by atoms with van der Waals surface area (Å²) in [5, 5.41) is 9.21. The summed E-state index contributed by atoms with van der Waals surface area (Å²) < 4.78 is 0. The molecule has 1 aromatic rings. The number of nitrogens with zero attached hydrogens (tertiary/aromatic N) is 1. The molecule has 0 saturated heterocycles. The van der Waals surface area contributed by atoms with Crippen molar-refractivity contribution in [3.63, 3.8) is 0 Å². The van der Waals surface area contributed by atoms with Crippen LogP contribution in [0.15, 0.2) is 18.2 Å². The maximum absolute atomic E-state index is 10.9. The second-order valence-corrected chi connectivity index (χ2v) is 4.93. The van der Waals surface area contributed by atoms with E-state index in [1.165, 1.54) is 25.7 Å². The molecule has 1 aliphatic carbocycles. The van der Waals surface area contributed by atoms with Crippen molar-refractivity contribution in [1.29, 1.82) is 0 Å². The number of hydrogen-bond acceptors (Lipinski definition) is 2. The molecule has 0 spiro atoms. The second-order valence-electron chi connectivity index (χ2n) is 4.52. The number of aromatic carboxylic acids is 1. The van der Waals surface area contributed by atoms with Crippen molar-refractivity contribution in [3.8, 4) is 0 Å². The van der Waals surface area contributed by atoms with E-state index in [1.54, 1.807) is 12.1 Å². The number of carboxylic acid groups (broad SMARTS) is 1. The molecule has 0 amide bonds. The zero-order valence-corrected chi connectivity index (χ0v) is 10.6. The third kappa shape index (κ3) is 2.55. The van der Waals surface area contributed by atoms with Crippen LogP contribution in [0.4, 0.5) is 5.69 Å². The molecular formula is C13H16ClNO2. The van der Waals surface area contributed by atoms with E-state index in [2.05, 4.69) is 4.90 Å². The Kier molecular flexibility index (Phi) is 3.57. The predicted octanol–water partition coefficient (Wildman–Crippen LogP) is 3.42. The van der Waals surface area contributed by atoms with Crippen LogP contribution in [0, 0.1) is 0 Å². The Bertz CT molecular complexity index is 427. The van der Waals surface area contributed by atoms with Gasteiger partial charge in [-0.3, -0.25) is 0 Å². The minimum absolute atomic E-state index is 0.162. The molecule has 2 rings (SSSR count). The number of rotatable bonds is 3. The molecule has 0 atom stereocenters. The van der Waals surface area contributed by atoms with Crippen LogP contribution >= 0.6 is 11.6 Å². The van der Waals surface area contributed by atoms with Crippen LogP contribution in [0.3, 0.4) is 0 Å². The summed E-state index contributed by atoms with van der Waals surface area (Å²) in [6, 6.07) is 5.70. The molecule has 0 bridgehead atoms. The van der Waals surface area contributed by atoms with Crippen LogP contribution in [-0.2, 0) is 0 Å². The summed E-state index contributed by atoms with van der Waals surface area (Å²) in [6.07, 6.45) is 4.95. The SMILES string of the molecule is CN(c1ccc(C(=O)O)c(Cl)c1)C1CCCC1. The first-order valence-corrected chi connectivity index (χ1v) is 6.23. The van der Waals surface area contributed by atoms with Crippen LogP contribution in [0.5, 0.6) is 0 Å². The normalized spacial score (nSPS) is 16.1. The molecule has 3 nitrogen and oxygen atoms in total. The summed E-state index contributed by atoms with van der Waals surface area (Å²) in [6.45, 7) is 0. The van der Waals surface area contributed by atoms with E-state index in [1.807, 2.05) is 13.1 Å². The van der Waals surface area contributed by atoms with Gasteiger partial charge in [0.05, 0.1) is 10.6 Å². The zero-order valence-electron chi connectivity index (χ0n) is 9.82. The molecule has 0 radical (unpaired) electrons. The summed E-state index contributed by atoms with van der Waals surface area (Å²) in [4.78, 5) is 13.1. The quantitative estimate of drug-likeness (QED) is 0.897. The Balaban J connectivity index is 2.21. The van der Waals surface area contributed by atoms with Gasteiger partial charge in [0.2, 0.25) is 0 Å². The Morgan fingerprint density at radius 2 is 2.06 bits per heavy atom. The van der Waals surface area contributed by atoms with E-state index < -0.39 is 5.97 Å². The standard InChI is InChI=1S/C13H16ClNO2/c1-15(9-4-2-3-5-9)10-6-7-11(13(16)17)12(14)8-10/h6-9H,2-5H2,1H3,(H,16,17). The molecular weight excluding hydrogens is 238 g/mol. The van der Waals surface area contributed by atoms with Crippen LogP contribution in [0.2, 0.25) is 5.02 Å². The fourth-order valence-corrected chi connectivity index (χ4v) is 2.65. The highest BCUT2D eigenvalue weighted by Gasteiger charge is 2.20. The number of benzene rings is 1. The summed E-state index contributed by atoms with van der Waals surface area (Å²) >= 11 is 5.97. The molecule has 4 heteroatoms. The molecule has 1 aliphatic rings. The number of hydrogen-bond donors (Lipinski definition) is 1. The largest absolute Gasteiger partial charge is 0.478 e. The first-order valence-electron chi connectivity index (χ1n) is 5.85. The molecule has 17 heavy (non-hydrogen) atoms. The Morgan fingerprint density at radius 1 is 1.41 bits per heavy atom. The van der Waals surface area contributed by atoms with Gasteiger partial charge in [0.1, 0.15) is 0 Å². The molecule has 0 aromatic heterocycles. The lowest BCUT2D eigenvalue weighted by Crippen LogP contribution is -2.28. The van der Waals surface area contributed by atoms with Gasteiger partial charge in [0.25, 0.3) is 0 Å². The van der Waals surface area contributed by atoms with Crippen molar-refractivity contribution in [2.75, 3.05) is 11.9 Å². The van der Waals surface area contributed by atoms with Crippen LogP contribution in [0.25, 0.3) is 0 Å². The Hall–Kier alpha value is -1.22. The maximum Gasteiger partial charge on any atom is 0.337 e. The number of carboxylic acids is 1. The topological polar surface area (TPSA) is 40.5 Å². The zero-order chi connectivity index (χ0) is 12.4. The molecule has 1 N–H and O–H groups in total. The first kappa shape index (κ1) is 12.2. The van der Waals surface area contributed by atoms with Crippen LogP contribution < -0.4 is 4.90 Å². The average molecular weight is 254 g/mol. The van der Waals surface area contributed by atoms with Crippen molar-refractivity contribution in [3.05, 3.63) is 28.8 Å². The van der Waals surface area contributed by atoms with Gasteiger partial charge in [-0.1, -0.05) is 24.4 Å². The first-order chi connectivity index (χ1) is 8.09. The van der Waals surface area contributed by atoms with E-state index in [4.69, 9.17) is 16.7 Å². The lowest BCUT2D eigenvalue weighted by molar-refractivity contribution is 0.0697. The van der Waals surface area contributed by atoms with Gasteiger partial charge in [-0.15, -0.1) is 0 Å². The summed E-state index contributed by atoms with van der Waals surface area (Å²) in [5.41, 5.74) is 1.15. The minimum Gasteiger partial charge on any atom is -0.478 e. The van der Waals surface area contributed by atoms with Crippen molar-refractivity contribution >= 4 is 23.3 Å². The Labute approximate surface area is 106 Å².